The van der Waals surface area contributed by atoms with Crippen LogP contribution in [0.1, 0.15) is 52.9 Å². The summed E-state index contributed by atoms with van der Waals surface area (Å²) < 4.78 is 5.82. The van der Waals surface area contributed by atoms with Gasteiger partial charge in [-0.25, -0.2) is 0 Å². The summed E-state index contributed by atoms with van der Waals surface area (Å²) in [6, 6.07) is 8.89. The lowest BCUT2D eigenvalue weighted by molar-refractivity contribution is 0.229. The summed E-state index contributed by atoms with van der Waals surface area (Å²) in [5.74, 6) is 0.993. The fourth-order valence-electron chi connectivity index (χ4n) is 2.97. The fourth-order valence-corrected chi connectivity index (χ4v) is 2.97. The van der Waals surface area contributed by atoms with E-state index in [-0.39, 0.29) is 0 Å². The third-order valence-electron chi connectivity index (χ3n) is 3.91. The van der Waals surface area contributed by atoms with Crippen LogP contribution < -0.4 is 10.1 Å². The Labute approximate surface area is 117 Å². The van der Waals surface area contributed by atoms with E-state index in [0.717, 1.165) is 24.5 Å². The van der Waals surface area contributed by atoms with Gasteiger partial charge in [0.15, 0.2) is 0 Å². The quantitative estimate of drug-likeness (QED) is 0.817. The van der Waals surface area contributed by atoms with Gasteiger partial charge in [0.2, 0.25) is 0 Å². The summed E-state index contributed by atoms with van der Waals surface area (Å²) in [4.78, 5) is 0. The summed E-state index contributed by atoms with van der Waals surface area (Å²) in [6.07, 6.45) is 6.23. The van der Waals surface area contributed by atoms with E-state index in [9.17, 15) is 0 Å². The van der Waals surface area contributed by atoms with Crippen LogP contribution in [0.5, 0.6) is 5.75 Å². The number of nitrogens with one attached hydrogen (secondary N) is 1. The van der Waals surface area contributed by atoms with Gasteiger partial charge in [0.05, 0.1) is 12.3 Å². The lowest BCUT2D eigenvalue weighted by Crippen LogP contribution is -2.31. The molecule has 0 radical (unpaired) electrons. The van der Waals surface area contributed by atoms with Crippen LogP contribution in [0.3, 0.4) is 0 Å². The molecule has 1 saturated carbocycles. The van der Waals surface area contributed by atoms with Gasteiger partial charge in [0, 0.05) is 6.04 Å². The number of para-hydroxylation sites is 2. The maximum Gasteiger partial charge on any atom is 0.142 e. The zero-order valence-electron chi connectivity index (χ0n) is 12.5. The van der Waals surface area contributed by atoms with Crippen molar-refractivity contribution in [1.82, 2.24) is 0 Å². The fraction of sp³-hybridized carbons (Fsp3) is 0.647. The van der Waals surface area contributed by atoms with Crippen LogP contribution in [-0.2, 0) is 0 Å². The third-order valence-corrected chi connectivity index (χ3v) is 3.91. The molecule has 0 aromatic heterocycles. The molecule has 19 heavy (non-hydrogen) atoms. The summed E-state index contributed by atoms with van der Waals surface area (Å²) in [7, 11) is 0. The number of ether oxygens (including phenoxy) is 1. The van der Waals surface area contributed by atoms with Crippen molar-refractivity contribution >= 4 is 5.69 Å². The van der Waals surface area contributed by atoms with E-state index in [1.165, 1.54) is 25.7 Å². The first-order valence-electron chi connectivity index (χ1n) is 7.59. The smallest absolute Gasteiger partial charge is 0.142 e. The summed E-state index contributed by atoms with van der Waals surface area (Å²) in [5, 5.41) is 3.69. The molecule has 1 unspecified atom stereocenters. The Hall–Kier alpha value is -1.18. The molecule has 0 heterocycles. The zero-order chi connectivity index (χ0) is 13.7. The molecule has 2 rings (SSSR count). The minimum atomic E-state index is 0.467. The van der Waals surface area contributed by atoms with Gasteiger partial charge >= 0.3 is 0 Å². The minimum Gasteiger partial charge on any atom is -0.491 e. The molecule has 0 saturated heterocycles. The summed E-state index contributed by atoms with van der Waals surface area (Å²) in [5.41, 5.74) is 1.62. The Balaban J connectivity index is 2.02. The number of benzene rings is 1. The Morgan fingerprint density at radius 1 is 1.32 bits per heavy atom. The van der Waals surface area contributed by atoms with E-state index in [4.69, 9.17) is 4.74 Å². The predicted molar refractivity (Wildman–Crippen MR) is 81.9 cm³/mol. The number of hydrogen-bond acceptors (Lipinski definition) is 2. The monoisotopic (exact) mass is 261 g/mol. The second-order valence-corrected chi connectivity index (χ2v) is 6.45. The van der Waals surface area contributed by atoms with Crippen LogP contribution in [0.25, 0.3) is 0 Å². The highest BCUT2D eigenvalue weighted by Crippen LogP contribution is 2.37. The highest BCUT2D eigenvalue weighted by atomic mass is 16.5. The van der Waals surface area contributed by atoms with E-state index < -0.39 is 0 Å². The molecular formula is C17H27NO. The SMILES string of the molecule is CCCOc1ccccc1NC1CCCC(C)(C)C1. The van der Waals surface area contributed by atoms with Gasteiger partial charge in [0.25, 0.3) is 0 Å². The average Bonchev–Trinajstić information content (AvgIpc) is 2.36. The molecule has 0 amide bonds. The predicted octanol–water partition coefficient (Wildman–Crippen LogP) is 4.86. The van der Waals surface area contributed by atoms with Crippen LogP contribution in [0.4, 0.5) is 5.69 Å². The van der Waals surface area contributed by atoms with Crippen LogP contribution in [0, 0.1) is 5.41 Å². The molecule has 1 atom stereocenters. The van der Waals surface area contributed by atoms with Crippen LogP contribution in [0.2, 0.25) is 0 Å². The Morgan fingerprint density at radius 2 is 2.11 bits per heavy atom. The van der Waals surface area contributed by atoms with Gasteiger partial charge in [-0.15, -0.1) is 0 Å². The molecule has 0 aliphatic heterocycles. The van der Waals surface area contributed by atoms with Gasteiger partial charge in [0.1, 0.15) is 5.75 Å². The molecule has 0 bridgehead atoms. The molecule has 1 aliphatic rings. The number of anilines is 1. The van der Waals surface area contributed by atoms with Crippen LogP contribution in [0.15, 0.2) is 24.3 Å². The van der Waals surface area contributed by atoms with Gasteiger partial charge < -0.3 is 10.1 Å². The van der Waals surface area contributed by atoms with Crippen molar-refractivity contribution in [2.75, 3.05) is 11.9 Å². The normalized spacial score (nSPS) is 21.9. The van der Waals surface area contributed by atoms with E-state index in [0.29, 0.717) is 11.5 Å². The molecule has 1 aliphatic carbocycles. The van der Waals surface area contributed by atoms with Gasteiger partial charge in [-0.05, 0) is 43.2 Å². The van der Waals surface area contributed by atoms with Crippen LogP contribution >= 0.6 is 0 Å². The maximum absolute atomic E-state index is 5.82. The first-order valence-corrected chi connectivity index (χ1v) is 7.59. The largest absolute Gasteiger partial charge is 0.491 e. The minimum absolute atomic E-state index is 0.467. The topological polar surface area (TPSA) is 21.3 Å². The molecular weight excluding hydrogens is 234 g/mol. The van der Waals surface area contributed by atoms with E-state index >= 15 is 0 Å². The van der Waals surface area contributed by atoms with Crippen molar-refractivity contribution in [2.45, 2.75) is 58.9 Å². The van der Waals surface area contributed by atoms with Crippen molar-refractivity contribution < 1.29 is 4.74 Å². The molecule has 1 aromatic carbocycles. The summed E-state index contributed by atoms with van der Waals surface area (Å²) >= 11 is 0. The van der Waals surface area contributed by atoms with Crippen molar-refractivity contribution in [3.8, 4) is 5.75 Å². The molecule has 2 nitrogen and oxygen atoms in total. The second kappa shape index (κ2) is 6.31. The Kier molecular flexibility index (Phi) is 4.73. The first-order chi connectivity index (χ1) is 9.11. The Bertz CT molecular complexity index is 400. The van der Waals surface area contributed by atoms with Crippen molar-refractivity contribution in [2.24, 2.45) is 5.41 Å². The van der Waals surface area contributed by atoms with Gasteiger partial charge in [-0.2, -0.15) is 0 Å². The second-order valence-electron chi connectivity index (χ2n) is 6.45. The molecule has 1 N–H and O–H groups in total. The average molecular weight is 261 g/mol. The van der Waals surface area contributed by atoms with Crippen LogP contribution in [-0.4, -0.2) is 12.6 Å². The zero-order valence-corrected chi connectivity index (χ0v) is 12.5. The highest BCUT2D eigenvalue weighted by Gasteiger charge is 2.28. The third kappa shape index (κ3) is 4.15. The van der Waals surface area contributed by atoms with Crippen molar-refractivity contribution in [1.29, 1.82) is 0 Å². The molecule has 1 aromatic rings. The van der Waals surface area contributed by atoms with Gasteiger partial charge in [-0.3, -0.25) is 0 Å². The number of rotatable bonds is 5. The van der Waals surface area contributed by atoms with Crippen molar-refractivity contribution in [3.63, 3.8) is 0 Å². The molecule has 0 spiro atoms. The number of hydrogen-bond donors (Lipinski definition) is 1. The molecule has 106 valence electrons. The Morgan fingerprint density at radius 3 is 2.84 bits per heavy atom. The first kappa shape index (κ1) is 14.2. The van der Waals surface area contributed by atoms with E-state index in [1.54, 1.807) is 0 Å². The van der Waals surface area contributed by atoms with Gasteiger partial charge in [-0.1, -0.05) is 39.3 Å². The molecule has 1 fully saturated rings. The highest BCUT2D eigenvalue weighted by molar-refractivity contribution is 5.56. The van der Waals surface area contributed by atoms with Crippen molar-refractivity contribution in [3.05, 3.63) is 24.3 Å². The van der Waals surface area contributed by atoms with E-state index in [1.807, 2.05) is 6.07 Å². The lowest BCUT2D eigenvalue weighted by atomic mass is 9.75. The standard InChI is InChI=1S/C17H27NO/c1-4-12-19-16-10-6-5-9-15(16)18-14-8-7-11-17(2,3)13-14/h5-6,9-10,14,18H,4,7-8,11-13H2,1-3H3. The van der Waals surface area contributed by atoms with E-state index in [2.05, 4.69) is 44.3 Å². The lowest BCUT2D eigenvalue weighted by Gasteiger charge is -2.36. The molecule has 2 heteroatoms. The summed E-state index contributed by atoms with van der Waals surface area (Å²) in [6.45, 7) is 7.68. The maximum atomic E-state index is 5.82.